The van der Waals surface area contributed by atoms with Crippen LogP contribution in [0.5, 0.6) is 17.4 Å². The van der Waals surface area contributed by atoms with E-state index in [9.17, 15) is 10.1 Å². The number of methoxy groups -OCH3 is 1. The number of para-hydroxylation sites is 2. The Morgan fingerprint density at radius 2 is 1.89 bits per heavy atom. The van der Waals surface area contributed by atoms with Crippen molar-refractivity contribution in [3.05, 3.63) is 40.7 Å². The summed E-state index contributed by atoms with van der Waals surface area (Å²) in [6.07, 6.45) is 1.26. The largest absolute Gasteiger partial charge is 0.493 e. The molecule has 1 fully saturated rings. The Hall–Kier alpha value is -2.98. The molecule has 0 radical (unpaired) electrons. The van der Waals surface area contributed by atoms with Gasteiger partial charge in [0, 0.05) is 32.7 Å². The Kier molecular flexibility index (Phi) is 5.99. The molecule has 0 amide bonds. The molecule has 2 aromatic rings. The molecule has 0 spiro atoms. The maximum atomic E-state index is 11.7. The zero-order valence-electron chi connectivity index (χ0n) is 14.9. The summed E-state index contributed by atoms with van der Waals surface area (Å²) in [5, 5.41) is 20.8. The average Bonchev–Trinajstić information content (AvgIpc) is 2.69. The number of piperazine rings is 1. The van der Waals surface area contributed by atoms with Gasteiger partial charge in [-0.15, -0.1) is 0 Å². The number of aliphatic hydroxyl groups excluding tert-OH is 1. The second kappa shape index (κ2) is 8.60. The lowest BCUT2D eigenvalue weighted by Crippen LogP contribution is -2.47. The fourth-order valence-corrected chi connectivity index (χ4v) is 2.95. The van der Waals surface area contributed by atoms with E-state index in [1.165, 1.54) is 13.4 Å². The van der Waals surface area contributed by atoms with Crippen molar-refractivity contribution in [3.63, 3.8) is 0 Å². The first-order valence-corrected chi connectivity index (χ1v) is 8.52. The van der Waals surface area contributed by atoms with Gasteiger partial charge in [-0.2, -0.15) is 4.98 Å². The van der Waals surface area contributed by atoms with Gasteiger partial charge in [-0.05, 0) is 12.1 Å². The second-order valence-electron chi connectivity index (χ2n) is 5.91. The molecule has 3 rings (SSSR count). The van der Waals surface area contributed by atoms with E-state index >= 15 is 0 Å². The van der Waals surface area contributed by atoms with Crippen LogP contribution in [0.25, 0.3) is 0 Å². The van der Waals surface area contributed by atoms with Crippen molar-refractivity contribution in [2.24, 2.45) is 0 Å². The second-order valence-corrected chi connectivity index (χ2v) is 5.91. The van der Waals surface area contributed by atoms with Gasteiger partial charge in [-0.3, -0.25) is 15.0 Å². The van der Waals surface area contributed by atoms with E-state index < -0.39 is 4.92 Å². The number of ether oxygens (including phenoxy) is 2. The third-order valence-electron chi connectivity index (χ3n) is 4.32. The molecule has 1 saturated heterocycles. The molecule has 27 heavy (non-hydrogen) atoms. The zero-order valence-corrected chi connectivity index (χ0v) is 14.9. The highest BCUT2D eigenvalue weighted by Gasteiger charge is 2.30. The fourth-order valence-electron chi connectivity index (χ4n) is 2.95. The topological polar surface area (TPSA) is 114 Å². The molecule has 10 heteroatoms. The van der Waals surface area contributed by atoms with Crippen LogP contribution in [-0.2, 0) is 0 Å². The van der Waals surface area contributed by atoms with Gasteiger partial charge >= 0.3 is 11.6 Å². The molecule has 10 nitrogen and oxygen atoms in total. The van der Waals surface area contributed by atoms with Crippen LogP contribution in [0.15, 0.2) is 30.6 Å². The molecule has 0 bridgehead atoms. The van der Waals surface area contributed by atoms with Crippen molar-refractivity contribution < 1.29 is 19.5 Å². The van der Waals surface area contributed by atoms with E-state index in [1.54, 1.807) is 24.3 Å². The SMILES string of the molecule is COc1ccccc1Oc1ncnc(N2CCN(CCO)CC2)c1[N+](=O)[O-]. The lowest BCUT2D eigenvalue weighted by atomic mass is 10.3. The molecular weight excluding hydrogens is 354 g/mol. The first-order chi connectivity index (χ1) is 13.1. The Labute approximate surface area is 156 Å². The van der Waals surface area contributed by atoms with E-state index in [0.717, 1.165) is 0 Å². The smallest absolute Gasteiger partial charge is 0.373 e. The molecule has 1 N–H and O–H groups in total. The Morgan fingerprint density at radius 1 is 1.19 bits per heavy atom. The molecule has 2 heterocycles. The number of nitrogens with zero attached hydrogens (tertiary/aromatic N) is 5. The number of aliphatic hydroxyl groups is 1. The molecule has 1 aliphatic heterocycles. The Morgan fingerprint density at radius 3 is 2.52 bits per heavy atom. The van der Waals surface area contributed by atoms with Crippen LogP contribution in [-0.4, -0.2) is 71.3 Å². The number of anilines is 1. The number of nitro groups is 1. The van der Waals surface area contributed by atoms with E-state index in [2.05, 4.69) is 14.9 Å². The predicted octanol–water partition coefficient (Wildman–Crippen LogP) is 1.30. The summed E-state index contributed by atoms with van der Waals surface area (Å²) in [7, 11) is 1.49. The van der Waals surface area contributed by atoms with Gasteiger partial charge in [-0.25, -0.2) is 4.98 Å². The molecule has 1 aliphatic rings. The Bertz CT molecular complexity index is 795. The summed E-state index contributed by atoms with van der Waals surface area (Å²) in [4.78, 5) is 23.2. The summed E-state index contributed by atoms with van der Waals surface area (Å²) >= 11 is 0. The number of β-amino-alcohol motifs (C(OH)–C–C–N with tert-alkyl or cyclic N) is 1. The van der Waals surface area contributed by atoms with E-state index in [1.807, 2.05) is 4.90 Å². The lowest BCUT2D eigenvalue weighted by molar-refractivity contribution is -0.385. The van der Waals surface area contributed by atoms with Crippen molar-refractivity contribution in [2.75, 3.05) is 51.3 Å². The van der Waals surface area contributed by atoms with Crippen LogP contribution < -0.4 is 14.4 Å². The first-order valence-electron chi connectivity index (χ1n) is 8.52. The highest BCUT2D eigenvalue weighted by Crippen LogP contribution is 2.38. The fraction of sp³-hybridized carbons (Fsp3) is 0.412. The third kappa shape index (κ3) is 4.23. The standard InChI is InChI=1S/C17H21N5O5/c1-26-13-4-2-3-5-14(13)27-17-15(22(24)25)16(18-12-19-17)21-8-6-20(7-9-21)10-11-23/h2-5,12,23H,6-11H2,1H3. The zero-order chi connectivity index (χ0) is 19.2. The maximum absolute atomic E-state index is 11.7. The minimum atomic E-state index is -0.528. The van der Waals surface area contributed by atoms with Crippen molar-refractivity contribution in [3.8, 4) is 17.4 Å². The minimum Gasteiger partial charge on any atom is -0.493 e. The number of benzene rings is 1. The molecule has 0 saturated carbocycles. The minimum absolute atomic E-state index is 0.0878. The van der Waals surface area contributed by atoms with Crippen LogP contribution in [0.3, 0.4) is 0 Å². The van der Waals surface area contributed by atoms with Crippen LogP contribution in [0.2, 0.25) is 0 Å². The summed E-state index contributed by atoms with van der Waals surface area (Å²) in [5.74, 6) is 0.876. The summed E-state index contributed by atoms with van der Waals surface area (Å²) < 4.78 is 10.9. The van der Waals surface area contributed by atoms with E-state index in [4.69, 9.17) is 14.6 Å². The van der Waals surface area contributed by atoms with Crippen LogP contribution >= 0.6 is 0 Å². The predicted molar refractivity (Wildman–Crippen MR) is 97.5 cm³/mol. The van der Waals surface area contributed by atoms with Crippen LogP contribution in [0, 0.1) is 10.1 Å². The average molecular weight is 375 g/mol. The van der Waals surface area contributed by atoms with Gasteiger partial charge in [0.1, 0.15) is 6.33 Å². The lowest BCUT2D eigenvalue weighted by Gasteiger charge is -2.34. The molecule has 144 valence electrons. The first kappa shape index (κ1) is 18.8. The maximum Gasteiger partial charge on any atom is 0.373 e. The van der Waals surface area contributed by atoms with Gasteiger partial charge in [0.25, 0.3) is 0 Å². The van der Waals surface area contributed by atoms with Gasteiger partial charge < -0.3 is 19.5 Å². The van der Waals surface area contributed by atoms with E-state index in [-0.39, 0.29) is 24.0 Å². The summed E-state index contributed by atoms with van der Waals surface area (Å²) in [5.41, 5.74) is -0.279. The van der Waals surface area contributed by atoms with Crippen molar-refractivity contribution in [1.82, 2.24) is 14.9 Å². The van der Waals surface area contributed by atoms with Crippen molar-refractivity contribution >= 4 is 11.5 Å². The monoisotopic (exact) mass is 375 g/mol. The molecule has 1 aromatic carbocycles. The number of hydrogen-bond acceptors (Lipinski definition) is 9. The van der Waals surface area contributed by atoms with Crippen LogP contribution in [0.1, 0.15) is 0 Å². The molecule has 1 aromatic heterocycles. The normalized spacial score (nSPS) is 14.8. The molecular formula is C17H21N5O5. The third-order valence-corrected chi connectivity index (χ3v) is 4.32. The highest BCUT2D eigenvalue weighted by molar-refractivity contribution is 5.64. The van der Waals surface area contributed by atoms with Gasteiger partial charge in [0.05, 0.1) is 18.6 Å². The Balaban J connectivity index is 1.88. The summed E-state index contributed by atoms with van der Waals surface area (Å²) in [6.45, 7) is 3.17. The van der Waals surface area contributed by atoms with Crippen molar-refractivity contribution in [1.29, 1.82) is 0 Å². The number of rotatable bonds is 7. The highest BCUT2D eigenvalue weighted by atomic mass is 16.6. The van der Waals surface area contributed by atoms with Gasteiger partial charge in [0.2, 0.25) is 5.82 Å². The number of aromatic nitrogens is 2. The quantitative estimate of drug-likeness (QED) is 0.565. The van der Waals surface area contributed by atoms with E-state index in [0.29, 0.717) is 44.2 Å². The molecule has 0 atom stereocenters. The molecule has 0 aliphatic carbocycles. The number of hydrogen-bond donors (Lipinski definition) is 1. The summed E-state index contributed by atoms with van der Waals surface area (Å²) in [6, 6.07) is 6.87. The van der Waals surface area contributed by atoms with Gasteiger partial charge in [-0.1, -0.05) is 12.1 Å². The van der Waals surface area contributed by atoms with Gasteiger partial charge in [0.15, 0.2) is 11.5 Å². The molecule has 0 unspecified atom stereocenters. The van der Waals surface area contributed by atoms with Crippen molar-refractivity contribution in [2.45, 2.75) is 0 Å². The van der Waals surface area contributed by atoms with Crippen LogP contribution in [0.4, 0.5) is 11.5 Å².